The van der Waals surface area contributed by atoms with Crippen LogP contribution in [0, 0.1) is 0 Å². The molecule has 0 spiro atoms. The van der Waals surface area contributed by atoms with Crippen LogP contribution in [0.25, 0.3) is 0 Å². The lowest BCUT2D eigenvalue weighted by molar-refractivity contribution is -0.161. The number of ether oxygens (including phenoxy) is 4. The normalized spacial score (nSPS) is 14.3. The molecule has 0 aromatic rings. The predicted molar refractivity (Wildman–Crippen MR) is 427 cm³/mol. The molecular formula is C85H150O17P2. The van der Waals surface area contributed by atoms with E-state index >= 15 is 0 Å². The number of aliphatic hydroxyl groups is 1. The van der Waals surface area contributed by atoms with Gasteiger partial charge in [-0.1, -0.05) is 311 Å². The van der Waals surface area contributed by atoms with Gasteiger partial charge < -0.3 is 33.8 Å². The predicted octanol–water partition coefficient (Wildman–Crippen LogP) is 24.3. The minimum Gasteiger partial charge on any atom is -0.462 e. The summed E-state index contributed by atoms with van der Waals surface area (Å²) in [4.78, 5) is 73.1. The summed E-state index contributed by atoms with van der Waals surface area (Å²) in [5, 5.41) is 10.7. The SMILES string of the molecule is CC/C=C\C/C=C\C/C=C\C/C=C\CCCCCCCCC(=O)OCC(COP(=O)(O)OCC(O)COP(=O)(O)OCC(COC(=O)CCCCCCCCC/C=C\C/C=C\C/C=C\CC)OC(=O)CCCCCCC/C=C\CCCCCCCC)OC(=O)CCCCCCCCCCCCCCC. The maximum absolute atomic E-state index is 13.1. The van der Waals surface area contributed by atoms with Crippen LogP contribution in [-0.2, 0) is 65.4 Å². The fourth-order valence-corrected chi connectivity index (χ4v) is 12.9. The van der Waals surface area contributed by atoms with Gasteiger partial charge in [0.2, 0.25) is 0 Å². The molecule has 0 radical (unpaired) electrons. The van der Waals surface area contributed by atoms with Crippen LogP contribution in [0.1, 0.15) is 362 Å². The van der Waals surface area contributed by atoms with Crippen molar-refractivity contribution < 1.29 is 80.2 Å². The summed E-state index contributed by atoms with van der Waals surface area (Å²) in [7, 11) is -9.96. The van der Waals surface area contributed by atoms with E-state index < -0.39 is 97.5 Å². The zero-order valence-corrected chi connectivity index (χ0v) is 67.7. The molecule has 3 N–H and O–H groups in total. The van der Waals surface area contributed by atoms with Gasteiger partial charge in [0, 0.05) is 25.7 Å². The molecule has 0 aliphatic heterocycles. The molecule has 0 saturated heterocycles. The van der Waals surface area contributed by atoms with Crippen LogP contribution in [0.3, 0.4) is 0 Å². The molecule has 0 aliphatic carbocycles. The number of unbranched alkanes of at least 4 members (excludes halogenated alkanes) is 36. The summed E-state index contributed by atoms with van der Waals surface area (Å²) in [5.74, 6) is -2.18. The number of carbonyl (C=O) groups is 4. The van der Waals surface area contributed by atoms with Crippen molar-refractivity contribution in [3.63, 3.8) is 0 Å². The number of phosphoric acid groups is 2. The van der Waals surface area contributed by atoms with Crippen LogP contribution in [0.4, 0.5) is 0 Å². The van der Waals surface area contributed by atoms with Crippen LogP contribution in [0.5, 0.6) is 0 Å². The average molecular weight is 1510 g/mol. The van der Waals surface area contributed by atoms with E-state index in [0.29, 0.717) is 25.7 Å². The molecule has 5 unspecified atom stereocenters. The Morgan fingerprint density at radius 3 is 0.779 bits per heavy atom. The third-order valence-corrected chi connectivity index (χ3v) is 19.4. The molecule has 0 aromatic heterocycles. The second kappa shape index (κ2) is 77.1. The van der Waals surface area contributed by atoms with Crippen molar-refractivity contribution in [1.82, 2.24) is 0 Å². The summed E-state index contributed by atoms with van der Waals surface area (Å²) in [6.07, 6.45) is 82.3. The Balaban J connectivity index is 5.34. The number of rotatable bonds is 78. The molecular weight excluding hydrogens is 1350 g/mol. The zero-order chi connectivity index (χ0) is 76.0. The molecule has 0 fully saturated rings. The third kappa shape index (κ3) is 76.2. The molecule has 5 atom stereocenters. The standard InChI is InChI=1S/C85H150O17P2/c1-5-9-13-17-21-25-29-33-36-38-39-41-44-47-50-54-58-62-66-70-83(88)95-75-80(101-84(89)71-67-63-59-55-51-45-32-28-24-20-16-12-8-4)77-99-103(91,92)97-73-79(86)74-98-104(93,94)100-78-81(102-85(90)72-68-64-60-56-52-48-42-35-31-27-23-19-15-11-7-3)76-96-82(87)69-65-61-57-53-49-46-43-40-37-34-30-26-22-18-14-10-6-2/h9-10,13-14,21-22,25-26,33-37,39,41-42,79-81,86H,5-8,11-12,15-20,23-24,27-32,38,40,43-78H2,1-4H3,(H,91,92)(H,93,94)/b13-9-,14-10-,25-21-,26-22-,36-33-,37-34-,41-39-,42-35-. The maximum Gasteiger partial charge on any atom is 0.472 e. The van der Waals surface area contributed by atoms with Crippen molar-refractivity contribution in [2.45, 2.75) is 380 Å². The number of allylic oxidation sites excluding steroid dienone is 16. The van der Waals surface area contributed by atoms with E-state index in [9.17, 15) is 43.2 Å². The lowest BCUT2D eigenvalue weighted by Gasteiger charge is -2.21. The Labute approximate surface area is 633 Å². The molecule has 19 heteroatoms. The lowest BCUT2D eigenvalue weighted by atomic mass is 10.0. The first-order valence-corrected chi connectivity index (χ1v) is 44.5. The van der Waals surface area contributed by atoms with Crippen LogP contribution in [0.15, 0.2) is 97.2 Å². The Kier molecular flexibility index (Phi) is 74.2. The Morgan fingerprint density at radius 1 is 0.279 bits per heavy atom. The molecule has 0 aromatic carbocycles. The monoisotopic (exact) mass is 1510 g/mol. The van der Waals surface area contributed by atoms with Crippen LogP contribution in [-0.4, -0.2) is 96.7 Å². The fraction of sp³-hybridized carbons (Fsp3) is 0.765. The quantitative estimate of drug-likeness (QED) is 0.0169. The van der Waals surface area contributed by atoms with E-state index in [-0.39, 0.29) is 25.7 Å². The second-order valence-electron chi connectivity index (χ2n) is 27.7. The van der Waals surface area contributed by atoms with Crippen molar-refractivity contribution in [1.29, 1.82) is 0 Å². The highest BCUT2D eigenvalue weighted by Crippen LogP contribution is 2.45. The van der Waals surface area contributed by atoms with E-state index in [4.69, 9.17) is 37.0 Å². The van der Waals surface area contributed by atoms with Crippen molar-refractivity contribution >= 4 is 39.5 Å². The van der Waals surface area contributed by atoms with Crippen LogP contribution < -0.4 is 0 Å². The largest absolute Gasteiger partial charge is 0.472 e. The Hall–Kier alpha value is -4.02. The van der Waals surface area contributed by atoms with E-state index in [2.05, 4.69) is 125 Å². The van der Waals surface area contributed by atoms with Gasteiger partial charge in [-0.05, 0) is 122 Å². The molecule has 602 valence electrons. The second-order valence-corrected chi connectivity index (χ2v) is 30.6. The third-order valence-electron chi connectivity index (χ3n) is 17.5. The molecule has 104 heavy (non-hydrogen) atoms. The van der Waals surface area contributed by atoms with Crippen molar-refractivity contribution in [3.8, 4) is 0 Å². The number of esters is 4. The Morgan fingerprint density at radius 2 is 0.500 bits per heavy atom. The minimum atomic E-state index is -4.98. The average Bonchev–Trinajstić information content (AvgIpc) is 0.939. The van der Waals surface area contributed by atoms with E-state index in [1.807, 2.05) is 0 Å². The first-order valence-electron chi connectivity index (χ1n) is 41.5. The number of hydrogen-bond acceptors (Lipinski definition) is 15. The van der Waals surface area contributed by atoms with Crippen LogP contribution in [0.2, 0.25) is 0 Å². The zero-order valence-electron chi connectivity index (χ0n) is 65.9. The first kappa shape index (κ1) is 100.0. The number of carbonyl (C=O) groups excluding carboxylic acids is 4. The van der Waals surface area contributed by atoms with Gasteiger partial charge in [-0.2, -0.15) is 0 Å². The van der Waals surface area contributed by atoms with Gasteiger partial charge in [0.15, 0.2) is 12.2 Å². The van der Waals surface area contributed by atoms with Gasteiger partial charge in [0.25, 0.3) is 0 Å². The molecule has 0 amide bonds. The van der Waals surface area contributed by atoms with Gasteiger partial charge in [-0.15, -0.1) is 0 Å². The molecule has 17 nitrogen and oxygen atoms in total. The van der Waals surface area contributed by atoms with Crippen molar-refractivity contribution in [2.75, 3.05) is 39.6 Å². The van der Waals surface area contributed by atoms with Gasteiger partial charge in [0.1, 0.15) is 19.3 Å². The fourth-order valence-electron chi connectivity index (χ4n) is 11.3. The first-order chi connectivity index (χ1) is 50.7. The van der Waals surface area contributed by atoms with Crippen molar-refractivity contribution in [2.24, 2.45) is 0 Å². The maximum atomic E-state index is 13.1. The van der Waals surface area contributed by atoms with Gasteiger partial charge in [-0.25, -0.2) is 9.13 Å². The Bertz CT molecular complexity index is 2350. The highest BCUT2D eigenvalue weighted by atomic mass is 31.2. The summed E-state index contributed by atoms with van der Waals surface area (Å²) >= 11 is 0. The highest BCUT2D eigenvalue weighted by Gasteiger charge is 2.30. The number of aliphatic hydroxyl groups excluding tert-OH is 1. The van der Waals surface area contributed by atoms with Gasteiger partial charge >= 0.3 is 39.5 Å². The lowest BCUT2D eigenvalue weighted by Crippen LogP contribution is -2.30. The molecule has 0 aliphatic rings. The van der Waals surface area contributed by atoms with Gasteiger partial charge in [-0.3, -0.25) is 37.3 Å². The van der Waals surface area contributed by atoms with E-state index in [1.165, 1.54) is 89.9 Å². The number of phosphoric ester groups is 2. The highest BCUT2D eigenvalue weighted by molar-refractivity contribution is 7.47. The van der Waals surface area contributed by atoms with Gasteiger partial charge in [0.05, 0.1) is 26.4 Å². The van der Waals surface area contributed by atoms with E-state index in [1.54, 1.807) is 0 Å². The summed E-state index contributed by atoms with van der Waals surface area (Å²) in [6, 6.07) is 0. The minimum absolute atomic E-state index is 0.0842. The summed E-state index contributed by atoms with van der Waals surface area (Å²) in [5.41, 5.74) is 0. The molecule has 0 bridgehead atoms. The smallest absolute Gasteiger partial charge is 0.462 e. The van der Waals surface area contributed by atoms with E-state index in [0.717, 1.165) is 193 Å². The topological polar surface area (TPSA) is 237 Å². The molecule has 0 heterocycles. The van der Waals surface area contributed by atoms with Crippen LogP contribution >= 0.6 is 15.6 Å². The molecule has 0 rings (SSSR count). The van der Waals surface area contributed by atoms with Crippen molar-refractivity contribution in [3.05, 3.63) is 97.2 Å². The summed E-state index contributed by atoms with van der Waals surface area (Å²) < 4.78 is 68.7. The molecule has 0 saturated carbocycles. The summed E-state index contributed by atoms with van der Waals surface area (Å²) in [6.45, 7) is 4.67. The number of hydrogen-bond donors (Lipinski definition) is 3.